The summed E-state index contributed by atoms with van der Waals surface area (Å²) in [6.45, 7) is 5.81. The van der Waals surface area contributed by atoms with Gasteiger partial charge in [0.1, 0.15) is 41.7 Å². The van der Waals surface area contributed by atoms with Crippen LogP contribution in [0.15, 0.2) is 0 Å². The van der Waals surface area contributed by atoms with Crippen LogP contribution in [0.3, 0.4) is 0 Å². The van der Waals surface area contributed by atoms with E-state index in [2.05, 4.69) is 5.32 Å². The first-order chi connectivity index (χ1) is 17.2. The smallest absolute Gasteiger partial charge is 0.408 e. The van der Waals surface area contributed by atoms with E-state index in [1.54, 1.807) is 41.5 Å². The molecule has 7 atom stereocenters. The number of aliphatic hydroxyl groups excluding tert-OH is 4. The zero-order valence-electron chi connectivity index (χ0n) is 23.3. The molecule has 1 heterocycles. The normalized spacial score (nSPS) is 27.7. The number of hydrogen-bond acceptors (Lipinski definition) is 11. The number of nitrogens with one attached hydrogen (secondary N) is 2. The number of carbonyl (C=O) groups excluding carboxylic acids is 2. The molecule has 1 rings (SSSR count). The van der Waals surface area contributed by atoms with Gasteiger partial charge >= 0.3 is 18.2 Å². The lowest BCUT2D eigenvalue weighted by molar-refractivity contribution is -0.311. The van der Waals surface area contributed by atoms with Crippen LogP contribution in [0.5, 0.6) is 0 Å². The number of alkyl carbamates (subject to hydrolysis) is 2. The van der Waals surface area contributed by atoms with Crippen molar-refractivity contribution in [3.05, 3.63) is 0 Å². The fraction of sp³-hybridized carbons (Fsp3) is 0.864. The summed E-state index contributed by atoms with van der Waals surface area (Å²) in [5.74, 6) is -1.47. The van der Waals surface area contributed by atoms with Crippen molar-refractivity contribution >= 4 is 18.2 Å². The van der Waals surface area contributed by atoms with E-state index in [9.17, 15) is 39.9 Å². The van der Waals surface area contributed by atoms with Gasteiger partial charge < -0.3 is 55.1 Å². The summed E-state index contributed by atoms with van der Waals surface area (Å²) in [4.78, 5) is 36.1. The van der Waals surface area contributed by atoms with Crippen LogP contribution in [0.25, 0.3) is 0 Å². The lowest BCUT2D eigenvalue weighted by Crippen LogP contribution is -2.60. The molecule has 2 amide bonds. The SMILES string of the molecule is [2H][13C]([2H])(NC(=O)OC(C)(C)C)C(CC[C@H](NC(=O)OC(C)(C)C)C(=O)O)O[C@@H]1O[C@H](CO)[C@H](O)[C@H](O)[C@H]1O. The topological polar surface area (TPSA) is 213 Å². The Labute approximate surface area is 212 Å². The second-order valence-electron chi connectivity index (χ2n) is 10.2. The molecule has 14 nitrogen and oxygen atoms in total. The molecule has 0 saturated carbocycles. The Morgan fingerprint density at radius 3 is 2.00 bits per heavy atom. The number of carboxylic acid groups (broad SMARTS) is 1. The molecule has 1 fully saturated rings. The fourth-order valence-corrected chi connectivity index (χ4v) is 2.98. The van der Waals surface area contributed by atoms with Gasteiger partial charge in [-0.3, -0.25) is 0 Å². The maximum Gasteiger partial charge on any atom is 0.408 e. The van der Waals surface area contributed by atoms with E-state index in [-0.39, 0.29) is 0 Å². The van der Waals surface area contributed by atoms with Crippen LogP contribution in [0, 0.1) is 0 Å². The Balaban J connectivity index is 3.16. The van der Waals surface area contributed by atoms with Crippen LogP contribution in [-0.2, 0) is 23.7 Å². The van der Waals surface area contributed by atoms with Crippen LogP contribution >= 0.6 is 0 Å². The average Bonchev–Trinajstić information content (AvgIpc) is 2.71. The molecule has 0 spiro atoms. The number of aliphatic hydroxyl groups is 4. The molecule has 36 heavy (non-hydrogen) atoms. The fourth-order valence-electron chi connectivity index (χ4n) is 2.98. The van der Waals surface area contributed by atoms with Gasteiger partial charge in [0.25, 0.3) is 0 Å². The molecule has 1 aliphatic rings. The van der Waals surface area contributed by atoms with Crippen LogP contribution in [0.4, 0.5) is 9.59 Å². The van der Waals surface area contributed by atoms with Crippen molar-refractivity contribution in [1.29, 1.82) is 0 Å². The summed E-state index contributed by atoms with van der Waals surface area (Å²) in [7, 11) is 0. The standard InChI is InChI=1S/C22H40N2O12/c1-21(2,3)35-19(31)23-9-11(33-18-16(28)15(27)14(26)13(10-25)34-18)7-8-12(17(29)30)24-20(32)36-22(4,5)6/h11-16,18,25-28H,7-10H2,1-6H3,(H,23,31)(H,24,32)(H,29,30)/t11?,12-,13+,14-,15-,16+,18+/m0/s1/i9+1D2. The van der Waals surface area contributed by atoms with Gasteiger partial charge in [-0.15, -0.1) is 0 Å². The number of amides is 2. The van der Waals surface area contributed by atoms with E-state index in [4.69, 9.17) is 21.7 Å². The summed E-state index contributed by atoms with van der Waals surface area (Å²) in [5, 5.41) is 53.4. The number of hydrogen-bond donors (Lipinski definition) is 7. The van der Waals surface area contributed by atoms with Gasteiger partial charge in [0, 0.05) is 6.50 Å². The molecule has 1 unspecified atom stereocenters. The van der Waals surface area contributed by atoms with E-state index >= 15 is 0 Å². The number of carboxylic acids is 1. The lowest BCUT2D eigenvalue weighted by Gasteiger charge is -2.41. The molecule has 7 N–H and O–H groups in total. The minimum atomic E-state index is -2.77. The molecule has 1 aliphatic heterocycles. The van der Waals surface area contributed by atoms with Crippen LogP contribution in [-0.4, -0.2) is 111 Å². The summed E-state index contributed by atoms with van der Waals surface area (Å²) >= 11 is 0. The predicted molar refractivity (Wildman–Crippen MR) is 123 cm³/mol. The molecule has 1 saturated heterocycles. The summed E-state index contributed by atoms with van der Waals surface area (Å²) in [6.07, 6.45) is -13.5. The van der Waals surface area contributed by atoms with Gasteiger partial charge in [-0.05, 0) is 54.4 Å². The summed E-state index contributed by atoms with van der Waals surface area (Å²) in [6, 6.07) is -1.57. The molecule has 0 radical (unpaired) electrons. The highest BCUT2D eigenvalue weighted by Gasteiger charge is 2.45. The van der Waals surface area contributed by atoms with Crippen molar-refractivity contribution < 1.29 is 61.6 Å². The van der Waals surface area contributed by atoms with Gasteiger partial charge in [0.2, 0.25) is 0 Å². The molecule has 14 heteroatoms. The number of ether oxygens (including phenoxy) is 4. The van der Waals surface area contributed by atoms with Gasteiger partial charge in [0.15, 0.2) is 6.29 Å². The highest BCUT2D eigenvalue weighted by Crippen LogP contribution is 2.24. The highest BCUT2D eigenvalue weighted by atomic mass is 16.7. The van der Waals surface area contributed by atoms with Gasteiger partial charge in [-0.2, -0.15) is 0 Å². The Hall–Kier alpha value is -2.23. The van der Waals surface area contributed by atoms with Crippen molar-refractivity contribution in [2.45, 2.75) is 108 Å². The average molecular weight is 528 g/mol. The lowest BCUT2D eigenvalue weighted by atomic mass is 9.99. The maximum atomic E-state index is 12.3. The third-order valence-electron chi connectivity index (χ3n) is 4.59. The third kappa shape index (κ3) is 11.2. The van der Waals surface area contributed by atoms with Crippen molar-refractivity contribution in [3.8, 4) is 0 Å². The third-order valence-corrected chi connectivity index (χ3v) is 4.59. The van der Waals surface area contributed by atoms with Gasteiger partial charge in [-0.25, -0.2) is 14.4 Å². The molecule has 210 valence electrons. The second-order valence-corrected chi connectivity index (χ2v) is 10.2. The van der Waals surface area contributed by atoms with Gasteiger partial charge in [0.05, 0.1) is 15.5 Å². The van der Waals surface area contributed by atoms with Crippen molar-refractivity contribution in [1.82, 2.24) is 10.6 Å². The number of aliphatic carboxylic acids is 1. The molecular formula is C22H40N2O12. The van der Waals surface area contributed by atoms with Crippen molar-refractivity contribution in [3.63, 3.8) is 0 Å². The number of carbonyl (C=O) groups is 3. The first-order valence-electron chi connectivity index (χ1n) is 12.4. The van der Waals surface area contributed by atoms with E-state index in [1.165, 1.54) is 0 Å². The van der Waals surface area contributed by atoms with E-state index in [0.717, 1.165) is 0 Å². The Bertz CT molecular complexity index is 815. The molecule has 0 aromatic heterocycles. The summed E-state index contributed by atoms with van der Waals surface area (Å²) < 4.78 is 37.7. The van der Waals surface area contributed by atoms with Gasteiger partial charge in [-0.1, -0.05) is 0 Å². The van der Waals surface area contributed by atoms with E-state index in [0.29, 0.717) is 0 Å². The highest BCUT2D eigenvalue weighted by molar-refractivity contribution is 5.79. The summed E-state index contributed by atoms with van der Waals surface area (Å²) in [5.41, 5.74) is -1.91. The van der Waals surface area contributed by atoms with Crippen LogP contribution < -0.4 is 10.6 Å². The van der Waals surface area contributed by atoms with Crippen LogP contribution in [0.2, 0.25) is 0 Å². The minimum absolute atomic E-state index is 0.438. The van der Waals surface area contributed by atoms with Crippen molar-refractivity contribution in [2.75, 3.05) is 13.1 Å². The molecule has 0 bridgehead atoms. The van der Waals surface area contributed by atoms with Crippen molar-refractivity contribution in [2.24, 2.45) is 0 Å². The zero-order chi connectivity index (χ0) is 29.6. The first-order valence-corrected chi connectivity index (χ1v) is 11.4. The molecular weight excluding hydrogens is 485 g/mol. The molecule has 0 aliphatic carbocycles. The quantitative estimate of drug-likeness (QED) is 0.178. The minimum Gasteiger partial charge on any atom is -0.480 e. The number of rotatable bonds is 10. The Morgan fingerprint density at radius 2 is 1.50 bits per heavy atom. The first kappa shape index (κ1) is 28.3. The molecule has 0 aromatic carbocycles. The predicted octanol–water partition coefficient (Wildman–Crippen LogP) is -0.546. The van der Waals surface area contributed by atoms with E-state index in [1.807, 2.05) is 5.32 Å². The largest absolute Gasteiger partial charge is 0.480 e. The Kier molecular flexibility index (Phi) is 10.5. The zero-order valence-corrected chi connectivity index (χ0v) is 21.3. The van der Waals surface area contributed by atoms with Crippen LogP contribution in [0.1, 0.15) is 57.1 Å². The Morgan fingerprint density at radius 1 is 0.944 bits per heavy atom. The molecule has 0 aromatic rings. The second kappa shape index (κ2) is 13.4. The van der Waals surface area contributed by atoms with E-state index < -0.39 is 98.2 Å². The maximum absolute atomic E-state index is 12.3. The monoisotopic (exact) mass is 527 g/mol.